The number of rotatable bonds is 11. The van der Waals surface area contributed by atoms with E-state index in [0.29, 0.717) is 24.2 Å². The lowest BCUT2D eigenvalue weighted by Crippen LogP contribution is -2.54. The zero-order chi connectivity index (χ0) is 31.8. The number of alkyl carbamates (subject to hydrolysis) is 1. The van der Waals surface area contributed by atoms with Gasteiger partial charge in [-0.05, 0) is 84.1 Å². The van der Waals surface area contributed by atoms with Crippen LogP contribution in [0.4, 0.5) is 23.7 Å². The highest BCUT2D eigenvalue weighted by Crippen LogP contribution is 2.29. The fourth-order valence-corrected chi connectivity index (χ4v) is 4.25. The third-order valence-corrected chi connectivity index (χ3v) is 6.32. The van der Waals surface area contributed by atoms with E-state index >= 15 is 0 Å². The maximum Gasteiger partial charge on any atom is 0.416 e. The van der Waals surface area contributed by atoms with Crippen molar-refractivity contribution in [2.24, 2.45) is 0 Å². The minimum absolute atomic E-state index is 0.104. The summed E-state index contributed by atoms with van der Waals surface area (Å²) >= 11 is 0. The Morgan fingerprint density at radius 1 is 0.930 bits per heavy atom. The second-order valence-electron chi connectivity index (χ2n) is 11.5. The molecule has 2 atom stereocenters. The van der Waals surface area contributed by atoms with Crippen LogP contribution in [0.15, 0.2) is 60.8 Å². The maximum atomic E-state index is 13.5. The number of hydrogen-bond donors (Lipinski definition) is 3. The quantitative estimate of drug-likeness (QED) is 0.280. The van der Waals surface area contributed by atoms with Crippen molar-refractivity contribution in [3.8, 4) is 0 Å². The molecule has 0 unspecified atom stereocenters. The summed E-state index contributed by atoms with van der Waals surface area (Å²) < 4.78 is 44.7. The van der Waals surface area contributed by atoms with E-state index in [4.69, 9.17) is 4.74 Å². The number of alkyl halides is 3. The molecule has 0 fully saturated rings. The molecule has 0 spiro atoms. The molecule has 0 saturated heterocycles. The van der Waals surface area contributed by atoms with Gasteiger partial charge in [0.15, 0.2) is 0 Å². The van der Waals surface area contributed by atoms with Crippen LogP contribution in [0.5, 0.6) is 0 Å². The number of fused-ring (bicyclic) bond motifs is 1. The lowest BCUT2D eigenvalue weighted by Gasteiger charge is -2.26. The molecule has 3 aromatic rings. The number of benzene rings is 2. The molecule has 3 N–H and O–H groups in total. The SMILES string of the molecule is CN(C)CCC[C@H](NC(=O)OC(C)(C)C)C(=O)N[C@H](Cc1ccc(C(F)(F)F)cc1)C(=O)Nc1cnc2ccccc2c1. The molecule has 3 rings (SSSR count). The fourth-order valence-electron chi connectivity index (χ4n) is 4.25. The van der Waals surface area contributed by atoms with Gasteiger partial charge in [0.2, 0.25) is 11.8 Å². The van der Waals surface area contributed by atoms with Crippen molar-refractivity contribution in [2.45, 2.75) is 63.9 Å². The molecular formula is C31H38F3N5O4. The lowest BCUT2D eigenvalue weighted by atomic mass is 10.0. The van der Waals surface area contributed by atoms with Crippen LogP contribution in [0.1, 0.15) is 44.7 Å². The molecule has 0 aliphatic carbocycles. The van der Waals surface area contributed by atoms with E-state index in [1.165, 1.54) is 18.3 Å². The maximum absolute atomic E-state index is 13.5. The first kappa shape index (κ1) is 33.3. The van der Waals surface area contributed by atoms with Crippen LogP contribution >= 0.6 is 0 Å². The molecule has 2 aromatic carbocycles. The number of para-hydroxylation sites is 1. The highest BCUT2D eigenvalue weighted by molar-refractivity contribution is 5.99. The smallest absolute Gasteiger partial charge is 0.416 e. The molecule has 232 valence electrons. The van der Waals surface area contributed by atoms with Crippen molar-refractivity contribution in [3.63, 3.8) is 0 Å². The summed E-state index contributed by atoms with van der Waals surface area (Å²) in [5.74, 6) is -1.23. The first-order chi connectivity index (χ1) is 20.1. The Labute approximate surface area is 249 Å². The van der Waals surface area contributed by atoms with E-state index < -0.39 is 47.3 Å². The van der Waals surface area contributed by atoms with Gasteiger partial charge in [0.25, 0.3) is 0 Å². The first-order valence-corrected chi connectivity index (χ1v) is 13.9. The van der Waals surface area contributed by atoms with Crippen LogP contribution in [0.25, 0.3) is 10.9 Å². The number of hydrogen-bond acceptors (Lipinski definition) is 6. The Kier molecular flexibility index (Phi) is 11.1. The van der Waals surface area contributed by atoms with Crippen molar-refractivity contribution < 1.29 is 32.3 Å². The van der Waals surface area contributed by atoms with Gasteiger partial charge in [-0.1, -0.05) is 30.3 Å². The van der Waals surface area contributed by atoms with Gasteiger partial charge in [0.05, 0.1) is 23.0 Å². The van der Waals surface area contributed by atoms with Gasteiger partial charge in [-0.3, -0.25) is 14.6 Å². The number of carbonyl (C=O) groups is 3. The topological polar surface area (TPSA) is 113 Å². The van der Waals surface area contributed by atoms with E-state index in [1.54, 1.807) is 26.8 Å². The summed E-state index contributed by atoms with van der Waals surface area (Å²) in [5.41, 5.74) is -0.123. The normalized spacial score (nSPS) is 13.3. The van der Waals surface area contributed by atoms with Crippen LogP contribution in [0, 0.1) is 0 Å². The van der Waals surface area contributed by atoms with Crippen molar-refractivity contribution in [2.75, 3.05) is 26.0 Å². The lowest BCUT2D eigenvalue weighted by molar-refractivity contribution is -0.137. The minimum atomic E-state index is -4.51. The van der Waals surface area contributed by atoms with E-state index in [9.17, 15) is 27.6 Å². The van der Waals surface area contributed by atoms with Gasteiger partial charge in [0, 0.05) is 11.8 Å². The van der Waals surface area contributed by atoms with Gasteiger partial charge in [0.1, 0.15) is 17.7 Å². The highest BCUT2D eigenvalue weighted by atomic mass is 19.4. The number of anilines is 1. The fraction of sp³-hybridized carbons (Fsp3) is 0.419. The molecule has 1 aromatic heterocycles. The van der Waals surface area contributed by atoms with Crippen LogP contribution in [-0.4, -0.2) is 66.1 Å². The van der Waals surface area contributed by atoms with Gasteiger partial charge in [-0.2, -0.15) is 13.2 Å². The predicted molar refractivity (Wildman–Crippen MR) is 158 cm³/mol. The van der Waals surface area contributed by atoms with Crippen LogP contribution in [0.2, 0.25) is 0 Å². The van der Waals surface area contributed by atoms with Gasteiger partial charge < -0.3 is 25.6 Å². The van der Waals surface area contributed by atoms with Crippen molar-refractivity contribution in [1.29, 1.82) is 0 Å². The van der Waals surface area contributed by atoms with Crippen LogP contribution < -0.4 is 16.0 Å². The Balaban J connectivity index is 1.85. The van der Waals surface area contributed by atoms with E-state index in [0.717, 1.165) is 23.0 Å². The summed E-state index contributed by atoms with van der Waals surface area (Å²) in [4.78, 5) is 45.8. The van der Waals surface area contributed by atoms with Crippen molar-refractivity contribution >= 4 is 34.5 Å². The number of nitrogens with zero attached hydrogens (tertiary/aromatic N) is 2. The number of nitrogens with one attached hydrogen (secondary N) is 3. The molecular weight excluding hydrogens is 563 g/mol. The first-order valence-electron chi connectivity index (χ1n) is 13.9. The monoisotopic (exact) mass is 601 g/mol. The Hall–Kier alpha value is -4.19. The minimum Gasteiger partial charge on any atom is -0.444 e. The molecule has 0 saturated carbocycles. The van der Waals surface area contributed by atoms with Gasteiger partial charge in [-0.15, -0.1) is 0 Å². The molecule has 9 nitrogen and oxygen atoms in total. The highest BCUT2D eigenvalue weighted by Gasteiger charge is 2.31. The number of pyridine rings is 1. The zero-order valence-electron chi connectivity index (χ0n) is 24.9. The number of carbonyl (C=O) groups excluding carboxylic acids is 3. The molecule has 3 amide bonds. The molecule has 43 heavy (non-hydrogen) atoms. The van der Waals surface area contributed by atoms with Crippen molar-refractivity contribution in [3.05, 3.63) is 71.9 Å². The van der Waals surface area contributed by atoms with Gasteiger partial charge in [-0.25, -0.2) is 4.79 Å². The summed E-state index contributed by atoms with van der Waals surface area (Å²) in [6.07, 6.45) is -3.12. The van der Waals surface area contributed by atoms with Crippen LogP contribution in [-0.2, 0) is 26.9 Å². The predicted octanol–water partition coefficient (Wildman–Crippen LogP) is 5.15. The van der Waals surface area contributed by atoms with E-state index in [1.807, 2.05) is 43.3 Å². The molecule has 0 aliphatic heterocycles. The summed E-state index contributed by atoms with van der Waals surface area (Å²) in [6.45, 7) is 5.73. The van der Waals surface area contributed by atoms with Crippen LogP contribution in [0.3, 0.4) is 0 Å². The number of halogens is 3. The Morgan fingerprint density at radius 3 is 2.23 bits per heavy atom. The number of aromatic nitrogens is 1. The summed E-state index contributed by atoms with van der Waals surface area (Å²) in [7, 11) is 3.75. The number of ether oxygens (including phenoxy) is 1. The second kappa shape index (κ2) is 14.3. The third-order valence-electron chi connectivity index (χ3n) is 6.32. The molecule has 0 aliphatic rings. The molecule has 12 heteroatoms. The second-order valence-corrected chi connectivity index (χ2v) is 11.5. The Bertz CT molecular complexity index is 1410. The summed E-state index contributed by atoms with van der Waals surface area (Å²) in [5, 5.41) is 8.82. The van der Waals surface area contributed by atoms with Gasteiger partial charge >= 0.3 is 12.3 Å². The standard InChI is InChI=1S/C31H38F3N5O4/c1-30(2,3)43-29(42)38-25(11-8-16-39(4)5)27(40)37-26(17-20-12-14-22(15-13-20)31(32,33)34)28(41)36-23-18-21-9-6-7-10-24(21)35-19-23/h6-7,9-10,12-15,18-19,25-26H,8,11,16-17H2,1-5H3,(H,36,41)(H,37,40)(H,38,42)/t25-,26+/m0/s1. The molecule has 1 heterocycles. The summed E-state index contributed by atoms with van der Waals surface area (Å²) in [6, 6.07) is 11.2. The largest absolute Gasteiger partial charge is 0.444 e. The molecule has 0 bridgehead atoms. The Morgan fingerprint density at radius 2 is 1.60 bits per heavy atom. The average molecular weight is 602 g/mol. The molecule has 0 radical (unpaired) electrons. The zero-order valence-corrected chi connectivity index (χ0v) is 24.9. The van der Waals surface area contributed by atoms with E-state index in [-0.39, 0.29) is 12.8 Å². The average Bonchev–Trinajstić information content (AvgIpc) is 2.90. The van der Waals surface area contributed by atoms with E-state index in [2.05, 4.69) is 20.9 Å². The van der Waals surface area contributed by atoms with Crippen molar-refractivity contribution in [1.82, 2.24) is 20.5 Å². The third kappa shape index (κ3) is 10.9. The number of amides is 3.